The monoisotopic (exact) mass is 361 g/mol. The summed E-state index contributed by atoms with van der Waals surface area (Å²) in [7, 11) is 0. The predicted molar refractivity (Wildman–Crippen MR) is 98.9 cm³/mol. The Labute approximate surface area is 153 Å². The standard InChI is InChI=1S/C18H24ClN5O/c1-13(2)15-4-3-14(12-20-15)11-18(25)24-9-7-23(8-10-24)17-6-5-16(19)21-22-17/h3-6,12-13,18,25H,7-11H2,1-2H3. The van der Waals surface area contributed by atoms with Gasteiger partial charge in [-0.15, -0.1) is 10.2 Å². The molecule has 0 aromatic carbocycles. The fourth-order valence-corrected chi connectivity index (χ4v) is 3.07. The van der Waals surface area contributed by atoms with Crippen LogP contribution < -0.4 is 4.90 Å². The van der Waals surface area contributed by atoms with Gasteiger partial charge in [0.2, 0.25) is 0 Å². The molecule has 0 amide bonds. The Balaban J connectivity index is 1.52. The van der Waals surface area contributed by atoms with Crippen molar-refractivity contribution < 1.29 is 5.11 Å². The molecule has 1 atom stereocenters. The third kappa shape index (κ3) is 4.66. The number of nitrogens with zero attached hydrogens (tertiary/aromatic N) is 5. The molecule has 6 nitrogen and oxygen atoms in total. The van der Waals surface area contributed by atoms with E-state index in [1.807, 2.05) is 18.3 Å². The summed E-state index contributed by atoms with van der Waals surface area (Å²) in [5.74, 6) is 1.25. The summed E-state index contributed by atoms with van der Waals surface area (Å²) in [6, 6.07) is 7.73. The number of anilines is 1. The Hall–Kier alpha value is -1.76. The Morgan fingerprint density at radius 1 is 1.08 bits per heavy atom. The van der Waals surface area contributed by atoms with Crippen LogP contribution in [0.4, 0.5) is 5.82 Å². The highest BCUT2D eigenvalue weighted by Gasteiger charge is 2.23. The van der Waals surface area contributed by atoms with Gasteiger partial charge >= 0.3 is 0 Å². The number of hydrogen-bond donors (Lipinski definition) is 1. The first kappa shape index (κ1) is 18.0. The van der Waals surface area contributed by atoms with E-state index in [4.69, 9.17) is 11.6 Å². The normalized spacial score (nSPS) is 17.1. The molecule has 2 aromatic heterocycles. The molecule has 1 unspecified atom stereocenters. The van der Waals surface area contributed by atoms with Crippen LogP contribution in [0.2, 0.25) is 5.15 Å². The minimum absolute atomic E-state index is 0.398. The quantitative estimate of drug-likeness (QED) is 0.881. The van der Waals surface area contributed by atoms with Crippen LogP contribution in [0.5, 0.6) is 0 Å². The maximum atomic E-state index is 10.5. The van der Waals surface area contributed by atoms with Crippen LogP contribution in [0.15, 0.2) is 30.5 Å². The van der Waals surface area contributed by atoms with Gasteiger partial charge in [-0.2, -0.15) is 0 Å². The number of aromatic nitrogens is 3. The van der Waals surface area contributed by atoms with E-state index in [0.29, 0.717) is 17.5 Å². The predicted octanol–water partition coefficient (Wildman–Crippen LogP) is 2.33. The van der Waals surface area contributed by atoms with Gasteiger partial charge in [0.15, 0.2) is 11.0 Å². The molecular weight excluding hydrogens is 338 g/mol. The van der Waals surface area contributed by atoms with Gasteiger partial charge in [0, 0.05) is 44.5 Å². The maximum absolute atomic E-state index is 10.5. The Morgan fingerprint density at radius 2 is 1.84 bits per heavy atom. The van der Waals surface area contributed by atoms with Crippen LogP contribution in [-0.2, 0) is 6.42 Å². The number of pyridine rings is 1. The van der Waals surface area contributed by atoms with Crippen molar-refractivity contribution in [2.75, 3.05) is 31.1 Å². The van der Waals surface area contributed by atoms with Gasteiger partial charge in [-0.1, -0.05) is 31.5 Å². The van der Waals surface area contributed by atoms with Gasteiger partial charge < -0.3 is 10.0 Å². The third-order valence-corrected chi connectivity index (χ3v) is 4.74. The molecular formula is C18H24ClN5O. The molecule has 3 rings (SSSR count). The molecule has 1 saturated heterocycles. The zero-order chi connectivity index (χ0) is 17.8. The van der Waals surface area contributed by atoms with Gasteiger partial charge in [-0.25, -0.2) is 0 Å². The van der Waals surface area contributed by atoms with E-state index in [2.05, 4.69) is 44.9 Å². The van der Waals surface area contributed by atoms with Crippen LogP contribution in [0.3, 0.4) is 0 Å². The van der Waals surface area contributed by atoms with E-state index in [-0.39, 0.29) is 0 Å². The molecule has 7 heteroatoms. The second kappa shape index (κ2) is 8.08. The van der Waals surface area contributed by atoms with E-state index in [1.54, 1.807) is 6.07 Å². The van der Waals surface area contributed by atoms with E-state index >= 15 is 0 Å². The Kier molecular flexibility index (Phi) is 5.83. The Bertz CT molecular complexity index is 669. The zero-order valence-electron chi connectivity index (χ0n) is 14.6. The summed E-state index contributed by atoms with van der Waals surface area (Å²) < 4.78 is 0. The summed E-state index contributed by atoms with van der Waals surface area (Å²) in [4.78, 5) is 8.72. The first-order valence-corrected chi connectivity index (χ1v) is 9.02. The molecule has 3 heterocycles. The second-order valence-electron chi connectivity index (χ2n) is 6.67. The highest BCUT2D eigenvalue weighted by atomic mass is 35.5. The molecule has 0 spiro atoms. The zero-order valence-corrected chi connectivity index (χ0v) is 15.4. The molecule has 25 heavy (non-hydrogen) atoms. The van der Waals surface area contributed by atoms with Crippen molar-refractivity contribution >= 4 is 17.4 Å². The first-order chi connectivity index (χ1) is 12.0. The molecule has 1 aliphatic rings. The lowest BCUT2D eigenvalue weighted by Gasteiger charge is -2.37. The van der Waals surface area contributed by atoms with Crippen LogP contribution in [-0.4, -0.2) is 57.6 Å². The number of halogens is 1. The van der Waals surface area contributed by atoms with Gasteiger partial charge in [-0.3, -0.25) is 9.88 Å². The minimum atomic E-state index is -0.495. The highest BCUT2D eigenvalue weighted by molar-refractivity contribution is 6.29. The van der Waals surface area contributed by atoms with Crippen LogP contribution in [0, 0.1) is 0 Å². The number of hydrogen-bond acceptors (Lipinski definition) is 6. The van der Waals surface area contributed by atoms with Gasteiger partial charge in [0.25, 0.3) is 0 Å². The molecule has 0 saturated carbocycles. The van der Waals surface area contributed by atoms with Crippen molar-refractivity contribution in [3.63, 3.8) is 0 Å². The van der Waals surface area contributed by atoms with Gasteiger partial charge in [0.05, 0.1) is 0 Å². The lowest BCUT2D eigenvalue weighted by atomic mass is 10.1. The van der Waals surface area contributed by atoms with Gasteiger partial charge in [0.1, 0.15) is 6.23 Å². The maximum Gasteiger partial charge on any atom is 0.151 e. The van der Waals surface area contributed by atoms with Crippen molar-refractivity contribution in [3.05, 3.63) is 46.9 Å². The highest BCUT2D eigenvalue weighted by Crippen LogP contribution is 2.17. The fraction of sp³-hybridized carbons (Fsp3) is 0.500. The smallest absolute Gasteiger partial charge is 0.151 e. The first-order valence-electron chi connectivity index (χ1n) is 8.64. The fourth-order valence-electron chi connectivity index (χ4n) is 2.96. The molecule has 0 bridgehead atoms. The van der Waals surface area contributed by atoms with Crippen molar-refractivity contribution in [2.45, 2.75) is 32.4 Å². The molecule has 1 N–H and O–H groups in total. The molecule has 1 fully saturated rings. The SMILES string of the molecule is CC(C)c1ccc(CC(O)N2CCN(c3ccc(Cl)nn3)CC2)cn1. The lowest BCUT2D eigenvalue weighted by Crippen LogP contribution is -2.51. The number of rotatable bonds is 5. The third-order valence-electron chi connectivity index (χ3n) is 4.54. The lowest BCUT2D eigenvalue weighted by molar-refractivity contribution is 0.000959. The van der Waals surface area contributed by atoms with Gasteiger partial charge in [-0.05, 0) is 29.7 Å². The van der Waals surface area contributed by atoms with E-state index in [0.717, 1.165) is 43.3 Å². The number of aliphatic hydroxyl groups excluding tert-OH is 1. The summed E-state index contributed by atoms with van der Waals surface area (Å²) in [5.41, 5.74) is 2.14. The molecule has 0 aliphatic carbocycles. The molecule has 134 valence electrons. The number of aliphatic hydroxyl groups is 1. The summed E-state index contributed by atoms with van der Waals surface area (Å²) in [6.07, 6.45) is 1.97. The Morgan fingerprint density at radius 3 is 2.40 bits per heavy atom. The van der Waals surface area contributed by atoms with Crippen LogP contribution in [0.25, 0.3) is 0 Å². The largest absolute Gasteiger partial charge is 0.378 e. The summed E-state index contributed by atoms with van der Waals surface area (Å²) >= 11 is 5.78. The molecule has 0 radical (unpaired) electrons. The van der Waals surface area contributed by atoms with E-state index in [9.17, 15) is 5.11 Å². The van der Waals surface area contributed by atoms with Crippen LogP contribution >= 0.6 is 11.6 Å². The van der Waals surface area contributed by atoms with Crippen molar-refractivity contribution in [2.24, 2.45) is 0 Å². The average Bonchev–Trinajstić information content (AvgIpc) is 2.63. The topological polar surface area (TPSA) is 65.4 Å². The molecule has 1 aliphatic heterocycles. The van der Waals surface area contributed by atoms with E-state index < -0.39 is 6.23 Å². The van der Waals surface area contributed by atoms with Crippen molar-refractivity contribution in [1.29, 1.82) is 0 Å². The summed E-state index contributed by atoms with van der Waals surface area (Å²) in [5, 5.41) is 18.9. The molecule has 2 aromatic rings. The van der Waals surface area contributed by atoms with Crippen molar-refractivity contribution in [3.8, 4) is 0 Å². The summed E-state index contributed by atoms with van der Waals surface area (Å²) in [6.45, 7) is 7.42. The van der Waals surface area contributed by atoms with Crippen molar-refractivity contribution in [1.82, 2.24) is 20.1 Å². The van der Waals surface area contributed by atoms with Crippen LogP contribution in [0.1, 0.15) is 31.0 Å². The van der Waals surface area contributed by atoms with E-state index in [1.165, 1.54) is 0 Å². The second-order valence-corrected chi connectivity index (χ2v) is 7.06. The number of piperazine rings is 1. The minimum Gasteiger partial charge on any atom is -0.378 e. The average molecular weight is 362 g/mol.